The third kappa shape index (κ3) is 2.76. The van der Waals surface area contributed by atoms with Crippen LogP contribution in [0.1, 0.15) is 18.3 Å². The van der Waals surface area contributed by atoms with E-state index >= 15 is 0 Å². The lowest BCUT2D eigenvalue weighted by Crippen LogP contribution is -2.44. The largest absolute Gasteiger partial charge is 0.336 e. The number of nitrogens with one attached hydrogen (secondary N) is 1. The van der Waals surface area contributed by atoms with Gasteiger partial charge in [0.25, 0.3) is 0 Å². The van der Waals surface area contributed by atoms with E-state index < -0.39 is 0 Å². The SMILES string of the molecule is Cc1nc2ccccc2n1CCNC(=O)N1c2ccccc2CC1C. The second-order valence-electron chi connectivity index (χ2n) is 6.58. The zero-order chi connectivity index (χ0) is 17.4. The minimum atomic E-state index is -0.0282. The van der Waals surface area contributed by atoms with Crippen molar-refractivity contribution in [2.45, 2.75) is 32.9 Å². The Labute approximate surface area is 147 Å². The van der Waals surface area contributed by atoms with Gasteiger partial charge >= 0.3 is 6.03 Å². The third-order valence-corrected chi connectivity index (χ3v) is 4.88. The van der Waals surface area contributed by atoms with E-state index in [0.717, 1.165) is 29.0 Å². The van der Waals surface area contributed by atoms with E-state index in [1.165, 1.54) is 5.56 Å². The molecule has 0 saturated heterocycles. The number of anilines is 1. The van der Waals surface area contributed by atoms with E-state index in [2.05, 4.69) is 33.9 Å². The normalized spacial score (nSPS) is 16.2. The Hall–Kier alpha value is -2.82. The number of imidazole rings is 1. The molecule has 1 aromatic heterocycles. The molecule has 0 fully saturated rings. The van der Waals surface area contributed by atoms with E-state index in [1.54, 1.807) is 0 Å². The van der Waals surface area contributed by atoms with Gasteiger partial charge in [-0.15, -0.1) is 0 Å². The van der Waals surface area contributed by atoms with Gasteiger partial charge in [-0.1, -0.05) is 30.3 Å². The van der Waals surface area contributed by atoms with Gasteiger partial charge in [0, 0.05) is 24.8 Å². The van der Waals surface area contributed by atoms with Gasteiger partial charge in [-0.05, 0) is 44.0 Å². The minimum Gasteiger partial charge on any atom is -0.336 e. The lowest BCUT2D eigenvalue weighted by atomic mass is 10.1. The van der Waals surface area contributed by atoms with Crippen molar-refractivity contribution in [3.8, 4) is 0 Å². The first-order valence-electron chi connectivity index (χ1n) is 8.72. The Bertz CT molecular complexity index is 930. The molecule has 0 saturated carbocycles. The molecule has 0 spiro atoms. The molecule has 1 aliphatic rings. The van der Waals surface area contributed by atoms with Crippen LogP contribution in [0.5, 0.6) is 0 Å². The highest BCUT2D eigenvalue weighted by molar-refractivity contribution is 5.94. The maximum Gasteiger partial charge on any atom is 0.322 e. The number of urea groups is 1. The standard InChI is InChI=1S/C20H22N4O/c1-14-13-16-7-3-5-9-18(16)24(14)20(25)21-11-12-23-15(2)22-17-8-4-6-10-19(17)23/h3-10,14H,11-13H2,1-2H3,(H,21,25). The molecule has 5 nitrogen and oxygen atoms in total. The second kappa shape index (κ2) is 6.24. The molecule has 1 N–H and O–H groups in total. The number of aromatic nitrogens is 2. The molecule has 0 radical (unpaired) electrons. The molecule has 25 heavy (non-hydrogen) atoms. The van der Waals surface area contributed by atoms with Crippen LogP contribution in [-0.4, -0.2) is 28.2 Å². The first kappa shape index (κ1) is 15.7. The molecule has 1 atom stereocenters. The topological polar surface area (TPSA) is 50.2 Å². The summed E-state index contributed by atoms with van der Waals surface area (Å²) < 4.78 is 2.15. The first-order chi connectivity index (χ1) is 12.1. The van der Waals surface area contributed by atoms with Gasteiger partial charge in [0.1, 0.15) is 5.82 Å². The van der Waals surface area contributed by atoms with Crippen LogP contribution in [-0.2, 0) is 13.0 Å². The van der Waals surface area contributed by atoms with Gasteiger partial charge in [0.2, 0.25) is 0 Å². The fraction of sp³-hybridized carbons (Fsp3) is 0.300. The molecular formula is C20H22N4O. The summed E-state index contributed by atoms with van der Waals surface area (Å²) in [7, 11) is 0. The average molecular weight is 334 g/mol. The fourth-order valence-electron chi connectivity index (χ4n) is 3.71. The van der Waals surface area contributed by atoms with Crippen LogP contribution in [0, 0.1) is 6.92 Å². The number of nitrogens with zero attached hydrogens (tertiary/aromatic N) is 3. The summed E-state index contributed by atoms with van der Waals surface area (Å²) in [5, 5.41) is 3.06. The van der Waals surface area contributed by atoms with Crippen molar-refractivity contribution in [2.75, 3.05) is 11.4 Å². The number of benzene rings is 2. The van der Waals surface area contributed by atoms with Crippen LogP contribution >= 0.6 is 0 Å². The number of rotatable bonds is 3. The highest BCUT2D eigenvalue weighted by atomic mass is 16.2. The van der Waals surface area contributed by atoms with Gasteiger partial charge in [-0.2, -0.15) is 0 Å². The van der Waals surface area contributed by atoms with Crippen molar-refractivity contribution < 1.29 is 4.79 Å². The second-order valence-corrected chi connectivity index (χ2v) is 6.58. The summed E-state index contributed by atoms with van der Waals surface area (Å²) in [5.74, 6) is 0.968. The Morgan fingerprint density at radius 3 is 2.84 bits per heavy atom. The highest BCUT2D eigenvalue weighted by Crippen LogP contribution is 2.31. The molecule has 2 heterocycles. The Kier molecular flexibility index (Phi) is 3.92. The quantitative estimate of drug-likeness (QED) is 0.797. The predicted octanol–water partition coefficient (Wildman–Crippen LogP) is 3.51. The maximum atomic E-state index is 12.7. The highest BCUT2D eigenvalue weighted by Gasteiger charge is 2.30. The summed E-state index contributed by atoms with van der Waals surface area (Å²) in [4.78, 5) is 19.1. The molecule has 3 aromatic rings. The molecule has 0 bridgehead atoms. The number of aryl methyl sites for hydroxylation is 1. The monoisotopic (exact) mass is 334 g/mol. The Morgan fingerprint density at radius 1 is 1.20 bits per heavy atom. The van der Waals surface area contributed by atoms with E-state index in [9.17, 15) is 4.79 Å². The van der Waals surface area contributed by atoms with Gasteiger partial charge in [0.05, 0.1) is 11.0 Å². The zero-order valence-corrected chi connectivity index (χ0v) is 14.6. The summed E-state index contributed by atoms with van der Waals surface area (Å²) in [5.41, 5.74) is 4.36. The number of hydrogen-bond donors (Lipinski definition) is 1. The Morgan fingerprint density at radius 2 is 1.96 bits per heavy atom. The van der Waals surface area contributed by atoms with Gasteiger partial charge < -0.3 is 9.88 Å². The van der Waals surface area contributed by atoms with Crippen molar-refractivity contribution in [2.24, 2.45) is 0 Å². The molecule has 2 aromatic carbocycles. The predicted molar refractivity (Wildman–Crippen MR) is 100.0 cm³/mol. The molecule has 128 valence electrons. The van der Waals surface area contributed by atoms with Crippen molar-refractivity contribution in [3.63, 3.8) is 0 Å². The van der Waals surface area contributed by atoms with Crippen molar-refractivity contribution >= 4 is 22.8 Å². The van der Waals surface area contributed by atoms with Crippen LogP contribution in [0.25, 0.3) is 11.0 Å². The van der Waals surface area contributed by atoms with E-state index in [4.69, 9.17) is 0 Å². The summed E-state index contributed by atoms with van der Waals surface area (Å²) in [6.45, 7) is 5.38. The number of amides is 2. The number of carbonyl (C=O) groups is 1. The van der Waals surface area contributed by atoms with Crippen LogP contribution < -0.4 is 10.2 Å². The van der Waals surface area contributed by atoms with Crippen molar-refractivity contribution in [1.29, 1.82) is 0 Å². The minimum absolute atomic E-state index is 0.0282. The maximum absolute atomic E-state index is 12.7. The number of para-hydroxylation sites is 3. The summed E-state index contributed by atoms with van der Waals surface area (Å²) >= 11 is 0. The van der Waals surface area contributed by atoms with E-state index in [0.29, 0.717) is 13.1 Å². The lowest BCUT2D eigenvalue weighted by molar-refractivity contribution is 0.244. The zero-order valence-electron chi connectivity index (χ0n) is 14.6. The van der Waals surface area contributed by atoms with Crippen LogP contribution in [0.2, 0.25) is 0 Å². The molecule has 1 unspecified atom stereocenters. The Balaban J connectivity index is 1.45. The first-order valence-corrected chi connectivity index (χ1v) is 8.72. The lowest BCUT2D eigenvalue weighted by Gasteiger charge is -2.23. The molecular weight excluding hydrogens is 312 g/mol. The fourth-order valence-corrected chi connectivity index (χ4v) is 3.71. The molecule has 5 heteroatoms. The van der Waals surface area contributed by atoms with Gasteiger partial charge in [-0.25, -0.2) is 9.78 Å². The van der Waals surface area contributed by atoms with E-state index in [-0.39, 0.29) is 12.1 Å². The van der Waals surface area contributed by atoms with Gasteiger partial charge in [0.15, 0.2) is 0 Å². The van der Waals surface area contributed by atoms with E-state index in [1.807, 2.05) is 48.2 Å². The van der Waals surface area contributed by atoms with Crippen molar-refractivity contribution in [1.82, 2.24) is 14.9 Å². The van der Waals surface area contributed by atoms with Gasteiger partial charge in [-0.3, -0.25) is 4.90 Å². The average Bonchev–Trinajstić information content (AvgIpc) is 3.11. The smallest absolute Gasteiger partial charge is 0.322 e. The summed E-state index contributed by atoms with van der Waals surface area (Å²) in [6, 6.07) is 16.4. The van der Waals surface area contributed by atoms with Crippen LogP contribution in [0.4, 0.5) is 10.5 Å². The molecule has 1 aliphatic heterocycles. The van der Waals surface area contributed by atoms with Crippen molar-refractivity contribution in [3.05, 3.63) is 59.9 Å². The molecule has 4 rings (SSSR count). The summed E-state index contributed by atoms with van der Waals surface area (Å²) in [6.07, 6.45) is 0.912. The number of carbonyl (C=O) groups excluding carboxylic acids is 1. The number of fused-ring (bicyclic) bond motifs is 2. The molecule has 0 aliphatic carbocycles. The van der Waals surface area contributed by atoms with Crippen LogP contribution in [0.15, 0.2) is 48.5 Å². The van der Waals surface area contributed by atoms with Crippen LogP contribution in [0.3, 0.4) is 0 Å². The number of hydrogen-bond acceptors (Lipinski definition) is 2. The molecule has 2 amide bonds. The third-order valence-electron chi connectivity index (χ3n) is 4.88.